The molecule has 8 heteroatoms. The molecular formula is C17H18N2O5S. The van der Waals surface area contributed by atoms with Crippen molar-refractivity contribution >= 4 is 27.6 Å². The molecule has 0 saturated heterocycles. The van der Waals surface area contributed by atoms with Crippen LogP contribution < -0.4 is 10.0 Å². The minimum atomic E-state index is -3.92. The summed E-state index contributed by atoms with van der Waals surface area (Å²) in [5.74, 6) is -1.38. The van der Waals surface area contributed by atoms with Gasteiger partial charge in [-0.2, -0.15) is 0 Å². The Morgan fingerprint density at radius 1 is 1.04 bits per heavy atom. The normalized spacial score (nSPS) is 12.4. The van der Waals surface area contributed by atoms with Gasteiger partial charge in [-0.1, -0.05) is 30.3 Å². The van der Waals surface area contributed by atoms with Crippen LogP contribution in [0.2, 0.25) is 0 Å². The number of rotatable bonds is 7. The second kappa shape index (κ2) is 7.91. The summed E-state index contributed by atoms with van der Waals surface area (Å²) in [4.78, 5) is 22.1. The lowest BCUT2D eigenvalue weighted by molar-refractivity contribution is -0.137. The SMILES string of the molecule is CC(=O)Nc1ccc(S(=O)(=O)NC(CC(=O)O)c2ccccc2)cc1. The molecule has 132 valence electrons. The fourth-order valence-electron chi connectivity index (χ4n) is 2.26. The second-order valence-electron chi connectivity index (χ2n) is 5.39. The van der Waals surface area contributed by atoms with Gasteiger partial charge in [0.15, 0.2) is 0 Å². The number of benzene rings is 2. The van der Waals surface area contributed by atoms with Gasteiger partial charge in [0, 0.05) is 12.6 Å². The maximum Gasteiger partial charge on any atom is 0.305 e. The molecule has 3 N–H and O–H groups in total. The molecule has 0 fully saturated rings. The molecule has 1 atom stereocenters. The lowest BCUT2D eigenvalue weighted by atomic mass is 10.1. The minimum Gasteiger partial charge on any atom is -0.481 e. The first kappa shape index (κ1) is 18.6. The van der Waals surface area contributed by atoms with E-state index in [4.69, 9.17) is 5.11 Å². The molecule has 2 rings (SSSR count). The average molecular weight is 362 g/mol. The van der Waals surface area contributed by atoms with Crippen molar-refractivity contribution in [1.29, 1.82) is 0 Å². The van der Waals surface area contributed by atoms with E-state index in [0.29, 0.717) is 11.3 Å². The molecule has 0 radical (unpaired) electrons. The lowest BCUT2D eigenvalue weighted by Crippen LogP contribution is -2.30. The Kier molecular flexibility index (Phi) is 5.89. The van der Waals surface area contributed by atoms with E-state index in [2.05, 4.69) is 10.0 Å². The van der Waals surface area contributed by atoms with Crippen molar-refractivity contribution in [1.82, 2.24) is 4.72 Å². The van der Waals surface area contributed by atoms with Crippen molar-refractivity contribution in [3.63, 3.8) is 0 Å². The lowest BCUT2D eigenvalue weighted by Gasteiger charge is -2.17. The third-order valence-electron chi connectivity index (χ3n) is 3.36. The zero-order chi connectivity index (χ0) is 18.4. The van der Waals surface area contributed by atoms with E-state index in [-0.39, 0.29) is 17.2 Å². The fraction of sp³-hybridized carbons (Fsp3) is 0.176. The number of hydrogen-bond acceptors (Lipinski definition) is 4. The molecule has 0 aromatic heterocycles. The molecule has 0 spiro atoms. The molecule has 1 unspecified atom stereocenters. The van der Waals surface area contributed by atoms with Crippen LogP contribution in [0.4, 0.5) is 5.69 Å². The van der Waals surface area contributed by atoms with Gasteiger partial charge < -0.3 is 10.4 Å². The van der Waals surface area contributed by atoms with Crippen LogP contribution in [0.15, 0.2) is 59.5 Å². The summed E-state index contributed by atoms with van der Waals surface area (Å²) in [6, 6.07) is 13.2. The number of sulfonamides is 1. The van der Waals surface area contributed by atoms with Gasteiger partial charge in [0.2, 0.25) is 15.9 Å². The topological polar surface area (TPSA) is 113 Å². The molecule has 2 aromatic rings. The van der Waals surface area contributed by atoms with Gasteiger partial charge in [-0.3, -0.25) is 9.59 Å². The summed E-state index contributed by atoms with van der Waals surface area (Å²) in [7, 11) is -3.92. The first-order valence-corrected chi connectivity index (χ1v) is 8.93. The van der Waals surface area contributed by atoms with Crippen LogP contribution in [0.1, 0.15) is 24.9 Å². The van der Waals surface area contributed by atoms with Crippen LogP contribution in [0.5, 0.6) is 0 Å². The highest BCUT2D eigenvalue weighted by Crippen LogP contribution is 2.21. The summed E-state index contributed by atoms with van der Waals surface area (Å²) in [6.45, 7) is 1.35. The Labute approximate surface area is 145 Å². The minimum absolute atomic E-state index is 0.0204. The van der Waals surface area contributed by atoms with E-state index < -0.39 is 22.0 Å². The molecule has 0 saturated carbocycles. The molecule has 0 aliphatic heterocycles. The monoisotopic (exact) mass is 362 g/mol. The summed E-state index contributed by atoms with van der Waals surface area (Å²) >= 11 is 0. The van der Waals surface area contributed by atoms with Crippen molar-refractivity contribution in [3.05, 3.63) is 60.2 Å². The van der Waals surface area contributed by atoms with Crippen molar-refractivity contribution in [2.24, 2.45) is 0 Å². The number of carbonyl (C=O) groups is 2. The number of hydrogen-bond donors (Lipinski definition) is 3. The van der Waals surface area contributed by atoms with Crippen LogP contribution in [-0.2, 0) is 19.6 Å². The Morgan fingerprint density at radius 2 is 1.64 bits per heavy atom. The second-order valence-corrected chi connectivity index (χ2v) is 7.10. The number of anilines is 1. The van der Waals surface area contributed by atoms with Gasteiger partial charge in [0.25, 0.3) is 0 Å². The maximum atomic E-state index is 12.5. The molecule has 0 heterocycles. The number of carboxylic acids is 1. The Balaban J connectivity index is 2.24. The molecule has 7 nitrogen and oxygen atoms in total. The van der Waals surface area contributed by atoms with Crippen LogP contribution in [-0.4, -0.2) is 25.4 Å². The first-order valence-electron chi connectivity index (χ1n) is 7.44. The molecule has 2 aromatic carbocycles. The zero-order valence-electron chi connectivity index (χ0n) is 13.5. The smallest absolute Gasteiger partial charge is 0.305 e. The summed E-state index contributed by atoms with van der Waals surface area (Å²) in [5, 5.41) is 11.6. The van der Waals surface area contributed by atoms with Crippen molar-refractivity contribution in [2.45, 2.75) is 24.3 Å². The molecule has 0 aliphatic rings. The molecule has 25 heavy (non-hydrogen) atoms. The van der Waals surface area contributed by atoms with Crippen LogP contribution >= 0.6 is 0 Å². The highest BCUT2D eigenvalue weighted by Gasteiger charge is 2.23. The van der Waals surface area contributed by atoms with Gasteiger partial charge in [-0.15, -0.1) is 0 Å². The van der Waals surface area contributed by atoms with E-state index in [0.717, 1.165) is 0 Å². The van der Waals surface area contributed by atoms with Gasteiger partial charge in [-0.05, 0) is 29.8 Å². The predicted octanol–water partition coefficient (Wildman–Crippen LogP) is 2.14. The van der Waals surface area contributed by atoms with Crippen molar-refractivity contribution < 1.29 is 23.1 Å². The molecular weight excluding hydrogens is 344 g/mol. The van der Waals surface area contributed by atoms with E-state index >= 15 is 0 Å². The van der Waals surface area contributed by atoms with Crippen molar-refractivity contribution in [2.75, 3.05) is 5.32 Å². The number of amides is 1. The summed E-state index contributed by atoms with van der Waals surface area (Å²) < 4.78 is 27.5. The molecule has 0 bridgehead atoms. The highest BCUT2D eigenvalue weighted by molar-refractivity contribution is 7.89. The Bertz CT molecular complexity index is 848. The first-order chi connectivity index (χ1) is 11.8. The largest absolute Gasteiger partial charge is 0.481 e. The van der Waals surface area contributed by atoms with Gasteiger partial charge >= 0.3 is 5.97 Å². The van der Waals surface area contributed by atoms with Gasteiger partial charge in [0.1, 0.15) is 0 Å². The standard InChI is InChI=1S/C17H18N2O5S/c1-12(20)18-14-7-9-15(10-8-14)25(23,24)19-16(11-17(21)22)13-5-3-2-4-6-13/h2-10,16,19H,11H2,1H3,(H,18,20)(H,21,22). The van der Waals surface area contributed by atoms with E-state index in [9.17, 15) is 18.0 Å². The van der Waals surface area contributed by atoms with E-state index in [1.165, 1.54) is 31.2 Å². The van der Waals surface area contributed by atoms with Crippen molar-refractivity contribution in [3.8, 4) is 0 Å². The highest BCUT2D eigenvalue weighted by atomic mass is 32.2. The molecule has 1 amide bonds. The van der Waals surface area contributed by atoms with Crippen LogP contribution in [0.3, 0.4) is 0 Å². The number of aliphatic carboxylic acids is 1. The average Bonchev–Trinajstić information content (AvgIpc) is 2.54. The summed E-state index contributed by atoms with van der Waals surface area (Å²) in [5.41, 5.74) is 1.03. The number of nitrogens with one attached hydrogen (secondary N) is 2. The number of carbonyl (C=O) groups excluding carboxylic acids is 1. The third-order valence-corrected chi connectivity index (χ3v) is 4.85. The zero-order valence-corrected chi connectivity index (χ0v) is 14.3. The van der Waals surface area contributed by atoms with Crippen LogP contribution in [0.25, 0.3) is 0 Å². The summed E-state index contributed by atoms with van der Waals surface area (Å²) in [6.07, 6.45) is -0.382. The predicted molar refractivity (Wildman–Crippen MR) is 92.5 cm³/mol. The Morgan fingerprint density at radius 3 is 2.16 bits per heavy atom. The van der Waals surface area contributed by atoms with Gasteiger partial charge in [-0.25, -0.2) is 13.1 Å². The fourth-order valence-corrected chi connectivity index (χ4v) is 3.49. The quantitative estimate of drug-likeness (QED) is 0.698. The van der Waals surface area contributed by atoms with E-state index in [1.54, 1.807) is 30.3 Å². The Hall–Kier alpha value is -2.71. The van der Waals surface area contributed by atoms with E-state index in [1.807, 2.05) is 0 Å². The number of carboxylic acid groups (broad SMARTS) is 1. The maximum absolute atomic E-state index is 12.5. The van der Waals surface area contributed by atoms with Crippen LogP contribution in [0, 0.1) is 0 Å². The third kappa shape index (κ3) is 5.40. The molecule has 0 aliphatic carbocycles. The van der Waals surface area contributed by atoms with Gasteiger partial charge in [0.05, 0.1) is 17.4 Å².